The summed E-state index contributed by atoms with van der Waals surface area (Å²) in [6.07, 6.45) is 2.69. The summed E-state index contributed by atoms with van der Waals surface area (Å²) in [6, 6.07) is 1.22. The van der Waals surface area contributed by atoms with E-state index in [9.17, 15) is 0 Å². The highest BCUT2D eigenvalue weighted by Gasteiger charge is 2.19. The maximum Gasteiger partial charge on any atom is 0.0618 e. The Kier molecular flexibility index (Phi) is 5.90. The van der Waals surface area contributed by atoms with Gasteiger partial charge in [-0.15, -0.1) is 0 Å². The average molecular weight is 217 g/mol. The van der Waals surface area contributed by atoms with Crippen LogP contribution in [0.5, 0.6) is 0 Å². The van der Waals surface area contributed by atoms with Crippen LogP contribution < -0.4 is 5.32 Å². The van der Waals surface area contributed by atoms with Crippen molar-refractivity contribution in [1.29, 1.82) is 0 Å². The van der Waals surface area contributed by atoms with Gasteiger partial charge in [0, 0.05) is 24.9 Å². The van der Waals surface area contributed by atoms with Gasteiger partial charge in [0.1, 0.15) is 0 Å². The molecular weight excluding hydrogens is 194 g/mol. The van der Waals surface area contributed by atoms with E-state index >= 15 is 0 Å². The molecule has 0 radical (unpaired) electrons. The van der Waals surface area contributed by atoms with E-state index in [0.29, 0.717) is 18.0 Å². The highest BCUT2D eigenvalue weighted by atomic mass is 32.2. The fourth-order valence-corrected chi connectivity index (χ4v) is 2.87. The van der Waals surface area contributed by atoms with Crippen LogP contribution in [-0.4, -0.2) is 37.3 Å². The minimum atomic E-state index is 0.517. The van der Waals surface area contributed by atoms with E-state index in [1.807, 2.05) is 0 Å². The lowest BCUT2D eigenvalue weighted by Crippen LogP contribution is -2.46. The third kappa shape index (κ3) is 4.20. The van der Waals surface area contributed by atoms with Crippen molar-refractivity contribution in [1.82, 2.24) is 5.32 Å². The summed E-state index contributed by atoms with van der Waals surface area (Å²) in [7, 11) is 1.78. The molecule has 0 aromatic carbocycles. The molecule has 0 bridgehead atoms. The number of ether oxygens (including phenoxy) is 1. The molecule has 2 unspecified atom stereocenters. The molecule has 1 heterocycles. The average Bonchev–Trinajstić information content (AvgIpc) is 2.18. The van der Waals surface area contributed by atoms with E-state index in [-0.39, 0.29) is 0 Å². The quantitative estimate of drug-likeness (QED) is 0.762. The second kappa shape index (κ2) is 6.70. The highest BCUT2D eigenvalue weighted by molar-refractivity contribution is 7.99. The van der Waals surface area contributed by atoms with Gasteiger partial charge < -0.3 is 10.1 Å². The summed E-state index contributed by atoms with van der Waals surface area (Å²) in [5.41, 5.74) is 0. The first-order chi connectivity index (χ1) is 6.74. The molecule has 14 heavy (non-hydrogen) atoms. The molecule has 0 spiro atoms. The standard InChI is InChI=1S/C11H23NOS/c1-9(2)11(7-13-3)12-10-5-4-6-14-8-10/h9-12H,4-8H2,1-3H3. The fraction of sp³-hybridized carbons (Fsp3) is 1.00. The Balaban J connectivity index is 2.29. The Morgan fingerprint density at radius 2 is 2.29 bits per heavy atom. The molecule has 1 rings (SSSR count). The van der Waals surface area contributed by atoms with Crippen LogP contribution in [0.4, 0.5) is 0 Å². The van der Waals surface area contributed by atoms with Gasteiger partial charge in [-0.25, -0.2) is 0 Å². The Hall–Kier alpha value is 0.270. The lowest BCUT2D eigenvalue weighted by Gasteiger charge is -2.30. The summed E-state index contributed by atoms with van der Waals surface area (Å²) in [6.45, 7) is 5.35. The largest absolute Gasteiger partial charge is 0.383 e. The third-order valence-electron chi connectivity index (χ3n) is 2.76. The first-order valence-corrected chi connectivity index (χ1v) is 6.72. The van der Waals surface area contributed by atoms with Crippen LogP contribution in [0.1, 0.15) is 26.7 Å². The lowest BCUT2D eigenvalue weighted by atomic mass is 10.0. The smallest absolute Gasteiger partial charge is 0.0618 e. The normalized spacial score (nSPS) is 25.3. The molecule has 0 amide bonds. The van der Waals surface area contributed by atoms with Crippen molar-refractivity contribution in [3.05, 3.63) is 0 Å². The van der Waals surface area contributed by atoms with Crippen LogP contribution >= 0.6 is 11.8 Å². The Morgan fingerprint density at radius 1 is 1.50 bits per heavy atom. The van der Waals surface area contributed by atoms with Gasteiger partial charge in [-0.05, 0) is 24.5 Å². The van der Waals surface area contributed by atoms with Gasteiger partial charge in [-0.3, -0.25) is 0 Å². The number of methoxy groups -OCH3 is 1. The third-order valence-corrected chi connectivity index (χ3v) is 3.98. The maximum atomic E-state index is 5.24. The maximum absolute atomic E-state index is 5.24. The van der Waals surface area contributed by atoms with Crippen molar-refractivity contribution in [2.45, 2.75) is 38.8 Å². The molecular formula is C11H23NOS. The van der Waals surface area contributed by atoms with Crippen LogP contribution in [0.25, 0.3) is 0 Å². The zero-order valence-corrected chi connectivity index (χ0v) is 10.4. The van der Waals surface area contributed by atoms with Crippen LogP contribution in [0.2, 0.25) is 0 Å². The number of rotatable bonds is 5. The first-order valence-electron chi connectivity index (χ1n) is 5.56. The van der Waals surface area contributed by atoms with E-state index in [4.69, 9.17) is 4.74 Å². The summed E-state index contributed by atoms with van der Waals surface area (Å²) < 4.78 is 5.24. The monoisotopic (exact) mass is 217 g/mol. The molecule has 1 aliphatic rings. The van der Waals surface area contributed by atoms with E-state index in [2.05, 4.69) is 30.9 Å². The van der Waals surface area contributed by atoms with Gasteiger partial charge in [0.15, 0.2) is 0 Å². The number of nitrogens with one attached hydrogen (secondary N) is 1. The molecule has 1 saturated heterocycles. The van der Waals surface area contributed by atoms with Gasteiger partial charge in [0.05, 0.1) is 6.61 Å². The topological polar surface area (TPSA) is 21.3 Å². The van der Waals surface area contributed by atoms with Gasteiger partial charge in [0.2, 0.25) is 0 Å². The molecule has 0 aromatic heterocycles. The van der Waals surface area contributed by atoms with Crippen molar-refractivity contribution in [2.24, 2.45) is 5.92 Å². The molecule has 0 aliphatic carbocycles. The summed E-state index contributed by atoms with van der Waals surface area (Å²) >= 11 is 2.07. The van der Waals surface area contributed by atoms with Crippen molar-refractivity contribution in [3.63, 3.8) is 0 Å². The predicted molar refractivity (Wildman–Crippen MR) is 64.0 cm³/mol. The van der Waals surface area contributed by atoms with Crippen LogP contribution in [0.15, 0.2) is 0 Å². The van der Waals surface area contributed by atoms with Gasteiger partial charge in [0.25, 0.3) is 0 Å². The fourth-order valence-electron chi connectivity index (χ4n) is 1.79. The molecule has 0 saturated carbocycles. The van der Waals surface area contributed by atoms with Crippen molar-refractivity contribution in [2.75, 3.05) is 25.2 Å². The molecule has 0 aromatic rings. The molecule has 2 nitrogen and oxygen atoms in total. The molecule has 1 fully saturated rings. The number of hydrogen-bond donors (Lipinski definition) is 1. The second-order valence-corrected chi connectivity index (χ2v) is 5.54. The Morgan fingerprint density at radius 3 is 2.79 bits per heavy atom. The second-order valence-electron chi connectivity index (χ2n) is 4.39. The zero-order chi connectivity index (χ0) is 10.4. The SMILES string of the molecule is COCC(NC1CCCSC1)C(C)C. The van der Waals surface area contributed by atoms with Crippen molar-refractivity contribution >= 4 is 11.8 Å². The van der Waals surface area contributed by atoms with E-state index in [0.717, 1.165) is 6.61 Å². The zero-order valence-electron chi connectivity index (χ0n) is 9.58. The van der Waals surface area contributed by atoms with Gasteiger partial charge >= 0.3 is 0 Å². The summed E-state index contributed by atoms with van der Waals surface area (Å²) in [5, 5.41) is 3.71. The summed E-state index contributed by atoms with van der Waals surface area (Å²) in [4.78, 5) is 0. The van der Waals surface area contributed by atoms with E-state index < -0.39 is 0 Å². The lowest BCUT2D eigenvalue weighted by molar-refractivity contribution is 0.141. The minimum Gasteiger partial charge on any atom is -0.383 e. The summed E-state index contributed by atoms with van der Waals surface area (Å²) in [5.74, 6) is 3.27. The molecule has 1 aliphatic heterocycles. The van der Waals surface area contributed by atoms with Crippen LogP contribution in [0, 0.1) is 5.92 Å². The van der Waals surface area contributed by atoms with Crippen LogP contribution in [-0.2, 0) is 4.74 Å². The Bertz CT molecular complexity index is 146. The molecule has 1 N–H and O–H groups in total. The molecule has 2 atom stereocenters. The predicted octanol–water partition coefficient (Wildman–Crippen LogP) is 2.14. The van der Waals surface area contributed by atoms with Crippen molar-refractivity contribution < 1.29 is 4.74 Å². The molecule has 3 heteroatoms. The van der Waals surface area contributed by atoms with Crippen molar-refractivity contribution in [3.8, 4) is 0 Å². The Labute approximate surface area is 92.2 Å². The van der Waals surface area contributed by atoms with E-state index in [1.165, 1.54) is 24.3 Å². The number of hydrogen-bond acceptors (Lipinski definition) is 3. The number of thioether (sulfide) groups is 1. The first kappa shape index (κ1) is 12.3. The van der Waals surface area contributed by atoms with E-state index in [1.54, 1.807) is 7.11 Å². The van der Waals surface area contributed by atoms with Gasteiger partial charge in [-0.2, -0.15) is 11.8 Å². The van der Waals surface area contributed by atoms with Gasteiger partial charge in [-0.1, -0.05) is 13.8 Å². The van der Waals surface area contributed by atoms with Crippen LogP contribution in [0.3, 0.4) is 0 Å². The molecule has 84 valence electrons. The highest BCUT2D eigenvalue weighted by Crippen LogP contribution is 2.18. The minimum absolute atomic E-state index is 0.517.